The molecule has 3 nitrogen and oxygen atoms in total. The topological polar surface area (TPSA) is 38.3 Å². The summed E-state index contributed by atoms with van der Waals surface area (Å²) in [5.41, 5.74) is -0.0147. The van der Waals surface area contributed by atoms with E-state index in [-0.39, 0.29) is 18.1 Å². The molecule has 0 aromatic heterocycles. The van der Waals surface area contributed by atoms with Crippen LogP contribution in [0.1, 0.15) is 18.4 Å². The molecule has 5 heteroatoms. The van der Waals surface area contributed by atoms with Gasteiger partial charge in [-0.25, -0.2) is 4.39 Å². The quantitative estimate of drug-likeness (QED) is 0.862. The molecule has 0 spiro atoms. The molecule has 2 rings (SSSR count). The predicted octanol–water partition coefficient (Wildman–Crippen LogP) is 2.27. The Morgan fingerprint density at radius 1 is 1.37 bits per heavy atom. The molecule has 0 bridgehead atoms. The van der Waals surface area contributed by atoms with E-state index in [1.807, 2.05) is 0 Å². The molecule has 104 valence electrons. The number of hydrogen-bond donors (Lipinski definition) is 1. The predicted molar refractivity (Wildman–Crippen MR) is 71.8 cm³/mol. The zero-order valence-corrected chi connectivity index (χ0v) is 11.4. The van der Waals surface area contributed by atoms with Crippen LogP contribution in [0.3, 0.4) is 0 Å². The summed E-state index contributed by atoms with van der Waals surface area (Å²) in [6.45, 7) is 1.18. The molecule has 1 aromatic rings. The molecule has 0 atom stereocenters. The molecule has 1 heterocycles. The van der Waals surface area contributed by atoms with Gasteiger partial charge in [0.25, 0.3) is 0 Å². The largest absolute Gasteiger partial charge is 0.381 e. The van der Waals surface area contributed by atoms with E-state index in [4.69, 9.17) is 16.3 Å². The van der Waals surface area contributed by atoms with Crippen LogP contribution < -0.4 is 5.32 Å². The number of halogens is 2. The van der Waals surface area contributed by atoms with Gasteiger partial charge in [-0.3, -0.25) is 4.79 Å². The minimum absolute atomic E-state index is 0.0339. The van der Waals surface area contributed by atoms with Crippen LogP contribution in [0.25, 0.3) is 0 Å². The Morgan fingerprint density at radius 2 is 2.05 bits per heavy atom. The monoisotopic (exact) mass is 285 g/mol. The Bertz CT molecular complexity index is 447. The lowest BCUT2D eigenvalue weighted by molar-refractivity contribution is -0.123. The Kier molecular flexibility index (Phi) is 4.77. The first-order valence-corrected chi connectivity index (χ1v) is 6.87. The van der Waals surface area contributed by atoms with Gasteiger partial charge in [0.05, 0.1) is 12.0 Å². The summed E-state index contributed by atoms with van der Waals surface area (Å²) < 4.78 is 18.8. The van der Waals surface area contributed by atoms with E-state index in [9.17, 15) is 9.18 Å². The maximum absolute atomic E-state index is 13.5. The minimum Gasteiger partial charge on any atom is -0.381 e. The first kappa shape index (κ1) is 14.3. The summed E-state index contributed by atoms with van der Waals surface area (Å²) >= 11 is 5.97. The number of rotatable bonds is 4. The molecule has 0 unspecified atom stereocenters. The highest BCUT2D eigenvalue weighted by Gasteiger charge is 2.33. The second-order valence-electron chi connectivity index (χ2n) is 4.84. The number of amides is 1. The van der Waals surface area contributed by atoms with Gasteiger partial charge in [0, 0.05) is 19.1 Å². The normalized spacial score (nSPS) is 18.0. The van der Waals surface area contributed by atoms with Crippen molar-refractivity contribution in [3.8, 4) is 0 Å². The van der Waals surface area contributed by atoms with Gasteiger partial charge >= 0.3 is 0 Å². The molecule has 1 saturated heterocycles. The standard InChI is InChI=1S/C14H17ClFNO2/c15-10-14(5-7-19-8-6-14)17-13(18)9-11-3-1-2-4-12(11)16/h1-4H,5-10H2,(H,17,18). The smallest absolute Gasteiger partial charge is 0.225 e. The Labute approximate surface area is 117 Å². The van der Waals surface area contributed by atoms with Gasteiger partial charge in [-0.05, 0) is 24.5 Å². The second kappa shape index (κ2) is 6.35. The summed E-state index contributed by atoms with van der Waals surface area (Å²) in [7, 11) is 0. The third kappa shape index (κ3) is 3.67. The van der Waals surface area contributed by atoms with E-state index in [2.05, 4.69) is 5.32 Å². The third-order valence-corrected chi connectivity index (χ3v) is 3.93. The molecule has 1 aliphatic heterocycles. The van der Waals surface area contributed by atoms with Crippen LogP contribution in [0.2, 0.25) is 0 Å². The lowest BCUT2D eigenvalue weighted by Gasteiger charge is -2.36. The van der Waals surface area contributed by atoms with Crippen LogP contribution in [0.5, 0.6) is 0 Å². The van der Waals surface area contributed by atoms with E-state index in [1.165, 1.54) is 6.07 Å². The fourth-order valence-electron chi connectivity index (χ4n) is 2.21. The molecule has 1 aliphatic rings. The Balaban J connectivity index is 1.98. The van der Waals surface area contributed by atoms with E-state index >= 15 is 0 Å². The van der Waals surface area contributed by atoms with Gasteiger partial charge in [0.2, 0.25) is 5.91 Å². The van der Waals surface area contributed by atoms with Crippen molar-refractivity contribution in [2.45, 2.75) is 24.8 Å². The second-order valence-corrected chi connectivity index (χ2v) is 5.11. The van der Waals surface area contributed by atoms with Gasteiger partial charge in [-0.1, -0.05) is 18.2 Å². The van der Waals surface area contributed by atoms with Gasteiger partial charge in [0.1, 0.15) is 5.82 Å². The average molecular weight is 286 g/mol. The zero-order chi connectivity index (χ0) is 13.7. The number of benzene rings is 1. The van der Waals surface area contributed by atoms with Crippen molar-refractivity contribution in [2.75, 3.05) is 19.1 Å². The molecule has 1 N–H and O–H groups in total. The Morgan fingerprint density at radius 3 is 2.68 bits per heavy atom. The maximum atomic E-state index is 13.5. The van der Waals surface area contributed by atoms with Crippen LogP contribution in [-0.4, -0.2) is 30.5 Å². The fraction of sp³-hybridized carbons (Fsp3) is 0.500. The van der Waals surface area contributed by atoms with Gasteiger partial charge < -0.3 is 10.1 Å². The average Bonchev–Trinajstić information content (AvgIpc) is 2.42. The number of ether oxygens (including phenoxy) is 1. The minimum atomic E-state index is -0.415. The molecule has 0 saturated carbocycles. The van der Waals surface area contributed by atoms with E-state index in [0.29, 0.717) is 37.5 Å². The van der Waals surface area contributed by atoms with Crippen molar-refractivity contribution < 1.29 is 13.9 Å². The van der Waals surface area contributed by atoms with Crippen molar-refractivity contribution in [1.29, 1.82) is 0 Å². The summed E-state index contributed by atoms with van der Waals surface area (Å²) in [6, 6.07) is 6.30. The zero-order valence-electron chi connectivity index (χ0n) is 10.6. The van der Waals surface area contributed by atoms with Crippen LogP contribution in [0.15, 0.2) is 24.3 Å². The van der Waals surface area contributed by atoms with Crippen LogP contribution >= 0.6 is 11.6 Å². The SMILES string of the molecule is O=C(Cc1ccccc1F)NC1(CCl)CCOCC1. The number of hydrogen-bond acceptors (Lipinski definition) is 2. The summed E-state index contributed by atoms with van der Waals surface area (Å²) in [4.78, 5) is 12.0. The molecule has 1 fully saturated rings. The lowest BCUT2D eigenvalue weighted by atomic mass is 9.92. The van der Waals surface area contributed by atoms with Gasteiger partial charge in [-0.15, -0.1) is 11.6 Å². The third-order valence-electron chi connectivity index (χ3n) is 3.42. The molecule has 19 heavy (non-hydrogen) atoms. The highest BCUT2D eigenvalue weighted by atomic mass is 35.5. The van der Waals surface area contributed by atoms with E-state index in [1.54, 1.807) is 18.2 Å². The molecule has 0 radical (unpaired) electrons. The molecule has 0 aliphatic carbocycles. The van der Waals surface area contributed by atoms with Gasteiger partial charge in [-0.2, -0.15) is 0 Å². The van der Waals surface area contributed by atoms with Crippen molar-refractivity contribution in [3.63, 3.8) is 0 Å². The number of nitrogens with one attached hydrogen (secondary N) is 1. The van der Waals surface area contributed by atoms with Crippen molar-refractivity contribution >= 4 is 17.5 Å². The highest BCUT2D eigenvalue weighted by molar-refractivity contribution is 6.18. The highest BCUT2D eigenvalue weighted by Crippen LogP contribution is 2.22. The van der Waals surface area contributed by atoms with Crippen molar-refractivity contribution in [3.05, 3.63) is 35.6 Å². The van der Waals surface area contributed by atoms with Crippen LogP contribution in [0, 0.1) is 5.82 Å². The fourth-order valence-corrected chi connectivity index (χ4v) is 2.54. The lowest BCUT2D eigenvalue weighted by Crippen LogP contribution is -2.53. The van der Waals surface area contributed by atoms with Gasteiger partial charge in [0.15, 0.2) is 0 Å². The van der Waals surface area contributed by atoms with E-state index < -0.39 is 5.54 Å². The number of carbonyl (C=O) groups is 1. The number of carbonyl (C=O) groups excluding carboxylic acids is 1. The molecular weight excluding hydrogens is 269 g/mol. The molecular formula is C14H17ClFNO2. The van der Waals surface area contributed by atoms with Crippen LogP contribution in [0.4, 0.5) is 4.39 Å². The molecule has 1 aromatic carbocycles. The van der Waals surface area contributed by atoms with Crippen molar-refractivity contribution in [1.82, 2.24) is 5.32 Å². The summed E-state index contributed by atoms with van der Waals surface area (Å²) in [5, 5.41) is 2.94. The van der Waals surface area contributed by atoms with Crippen molar-refractivity contribution in [2.24, 2.45) is 0 Å². The Hall–Kier alpha value is -1.13. The number of alkyl halides is 1. The first-order valence-electron chi connectivity index (χ1n) is 6.33. The van der Waals surface area contributed by atoms with Crippen LogP contribution in [-0.2, 0) is 16.0 Å². The first-order chi connectivity index (χ1) is 9.15. The maximum Gasteiger partial charge on any atom is 0.225 e. The summed E-state index contributed by atoms with van der Waals surface area (Å²) in [5.74, 6) is -0.212. The molecule has 1 amide bonds. The van der Waals surface area contributed by atoms with E-state index in [0.717, 1.165) is 0 Å². The summed E-state index contributed by atoms with van der Waals surface area (Å²) in [6.07, 6.45) is 1.42.